The van der Waals surface area contributed by atoms with E-state index in [1.807, 2.05) is 0 Å². The van der Waals surface area contributed by atoms with Crippen molar-refractivity contribution >= 4 is 0 Å². The molecular weight excluding hydrogens is 254 g/mol. The van der Waals surface area contributed by atoms with Gasteiger partial charge in [0, 0.05) is 0 Å². The number of benzene rings is 2. The predicted molar refractivity (Wildman–Crippen MR) is 91.8 cm³/mol. The third-order valence-corrected chi connectivity index (χ3v) is 3.91. The average Bonchev–Trinajstić information content (AvgIpc) is 2.48. The van der Waals surface area contributed by atoms with Crippen molar-refractivity contribution in [2.45, 2.75) is 46.1 Å². The van der Waals surface area contributed by atoms with Gasteiger partial charge in [-0.2, -0.15) is 0 Å². The van der Waals surface area contributed by atoms with Gasteiger partial charge in [-0.3, -0.25) is 0 Å². The van der Waals surface area contributed by atoms with Crippen molar-refractivity contribution in [2.24, 2.45) is 0 Å². The van der Waals surface area contributed by atoms with Crippen LogP contribution in [0.2, 0.25) is 0 Å². The molecule has 2 rings (SSSR count). The standard InChI is InChI=1S/C20H27N/c1-5-13-21-20(19-8-6-7-16(4)14-19)18-11-9-17(10-12-18)15(2)3/h6-12,14-15,20-21H,5,13H2,1-4H3. The third kappa shape index (κ3) is 4.18. The molecule has 0 radical (unpaired) electrons. The maximum Gasteiger partial charge on any atom is 0.0576 e. The fraction of sp³-hybridized carbons (Fsp3) is 0.400. The van der Waals surface area contributed by atoms with Crippen molar-refractivity contribution in [3.63, 3.8) is 0 Å². The van der Waals surface area contributed by atoms with Gasteiger partial charge < -0.3 is 5.32 Å². The van der Waals surface area contributed by atoms with E-state index in [0.717, 1.165) is 13.0 Å². The number of rotatable bonds is 6. The molecule has 0 saturated carbocycles. The Morgan fingerprint density at radius 1 is 0.905 bits per heavy atom. The largest absolute Gasteiger partial charge is 0.306 e. The van der Waals surface area contributed by atoms with Crippen LogP contribution in [0, 0.1) is 6.92 Å². The van der Waals surface area contributed by atoms with Crippen LogP contribution in [0.1, 0.15) is 61.4 Å². The first kappa shape index (κ1) is 15.8. The number of nitrogens with one attached hydrogen (secondary N) is 1. The number of hydrogen-bond acceptors (Lipinski definition) is 1. The van der Waals surface area contributed by atoms with Crippen molar-refractivity contribution in [3.05, 3.63) is 70.8 Å². The average molecular weight is 281 g/mol. The van der Waals surface area contributed by atoms with Crippen molar-refractivity contribution < 1.29 is 0 Å². The Kier molecular flexibility index (Phi) is 5.58. The molecule has 0 bridgehead atoms. The quantitative estimate of drug-likeness (QED) is 0.766. The highest BCUT2D eigenvalue weighted by Gasteiger charge is 2.13. The lowest BCUT2D eigenvalue weighted by molar-refractivity contribution is 0.598. The molecule has 0 aliphatic carbocycles. The van der Waals surface area contributed by atoms with Crippen molar-refractivity contribution in [3.8, 4) is 0 Å². The summed E-state index contributed by atoms with van der Waals surface area (Å²) >= 11 is 0. The lowest BCUT2D eigenvalue weighted by Crippen LogP contribution is -2.23. The molecule has 1 nitrogen and oxygen atoms in total. The Labute approximate surface area is 129 Å². The Bertz CT molecular complexity index is 554. The van der Waals surface area contributed by atoms with E-state index in [1.165, 1.54) is 22.3 Å². The van der Waals surface area contributed by atoms with Crippen LogP contribution in [0.4, 0.5) is 0 Å². The molecule has 0 aliphatic rings. The van der Waals surface area contributed by atoms with E-state index in [9.17, 15) is 0 Å². The van der Waals surface area contributed by atoms with Crippen LogP contribution in [0.15, 0.2) is 48.5 Å². The molecule has 1 heteroatoms. The molecule has 2 aromatic carbocycles. The zero-order valence-electron chi connectivity index (χ0n) is 13.7. The summed E-state index contributed by atoms with van der Waals surface area (Å²) in [7, 11) is 0. The predicted octanol–water partition coefficient (Wildman–Crippen LogP) is 5.21. The molecule has 0 aromatic heterocycles. The van der Waals surface area contributed by atoms with Gasteiger partial charge in [0.25, 0.3) is 0 Å². The zero-order valence-corrected chi connectivity index (χ0v) is 13.7. The maximum absolute atomic E-state index is 3.68. The first-order valence-electron chi connectivity index (χ1n) is 8.01. The summed E-state index contributed by atoms with van der Waals surface area (Å²) < 4.78 is 0. The van der Waals surface area contributed by atoms with Crippen LogP contribution in [0.25, 0.3) is 0 Å². The highest BCUT2D eigenvalue weighted by molar-refractivity contribution is 5.35. The summed E-state index contributed by atoms with van der Waals surface area (Å²) in [5, 5.41) is 3.68. The Morgan fingerprint density at radius 3 is 2.14 bits per heavy atom. The Hall–Kier alpha value is -1.60. The van der Waals surface area contributed by atoms with Gasteiger partial charge in [-0.1, -0.05) is 74.9 Å². The van der Waals surface area contributed by atoms with Crippen molar-refractivity contribution in [1.29, 1.82) is 0 Å². The summed E-state index contributed by atoms with van der Waals surface area (Å²) in [6, 6.07) is 18.1. The topological polar surface area (TPSA) is 12.0 Å². The lowest BCUT2D eigenvalue weighted by atomic mass is 9.94. The van der Waals surface area contributed by atoms with Crippen LogP contribution >= 0.6 is 0 Å². The molecule has 1 N–H and O–H groups in total. The van der Waals surface area contributed by atoms with Gasteiger partial charge in [-0.05, 0) is 42.5 Å². The van der Waals surface area contributed by atoms with Crippen molar-refractivity contribution in [2.75, 3.05) is 6.54 Å². The Morgan fingerprint density at radius 2 is 1.57 bits per heavy atom. The third-order valence-electron chi connectivity index (χ3n) is 3.91. The molecule has 1 atom stereocenters. The van der Waals surface area contributed by atoms with E-state index in [2.05, 4.69) is 81.5 Å². The minimum Gasteiger partial charge on any atom is -0.306 e. The van der Waals surface area contributed by atoms with Gasteiger partial charge in [0.2, 0.25) is 0 Å². The van der Waals surface area contributed by atoms with Crippen LogP contribution < -0.4 is 5.32 Å². The molecule has 112 valence electrons. The summed E-state index contributed by atoms with van der Waals surface area (Å²) in [5.74, 6) is 0.583. The normalized spacial score (nSPS) is 12.6. The first-order valence-corrected chi connectivity index (χ1v) is 8.01. The minimum absolute atomic E-state index is 0.283. The second-order valence-corrected chi connectivity index (χ2v) is 6.12. The van der Waals surface area contributed by atoms with Crippen LogP contribution in [0.5, 0.6) is 0 Å². The van der Waals surface area contributed by atoms with Gasteiger partial charge in [0.1, 0.15) is 0 Å². The SMILES string of the molecule is CCCNC(c1ccc(C(C)C)cc1)c1cccc(C)c1. The van der Waals surface area contributed by atoms with Crippen LogP contribution in [-0.4, -0.2) is 6.54 Å². The van der Waals surface area contributed by atoms with Gasteiger partial charge in [0.05, 0.1) is 6.04 Å². The van der Waals surface area contributed by atoms with Gasteiger partial charge in [-0.25, -0.2) is 0 Å². The second kappa shape index (κ2) is 7.42. The maximum atomic E-state index is 3.68. The molecular formula is C20H27N. The highest BCUT2D eigenvalue weighted by Crippen LogP contribution is 2.25. The molecule has 0 amide bonds. The molecule has 0 saturated heterocycles. The van der Waals surface area contributed by atoms with Crippen LogP contribution in [0.3, 0.4) is 0 Å². The van der Waals surface area contributed by atoms with E-state index in [4.69, 9.17) is 0 Å². The number of aryl methyl sites for hydroxylation is 1. The summed E-state index contributed by atoms with van der Waals surface area (Å²) in [6.07, 6.45) is 1.15. The van der Waals surface area contributed by atoms with Gasteiger partial charge in [-0.15, -0.1) is 0 Å². The van der Waals surface area contributed by atoms with Crippen molar-refractivity contribution in [1.82, 2.24) is 5.32 Å². The molecule has 21 heavy (non-hydrogen) atoms. The van der Waals surface area contributed by atoms with Gasteiger partial charge >= 0.3 is 0 Å². The minimum atomic E-state index is 0.283. The number of hydrogen-bond donors (Lipinski definition) is 1. The monoisotopic (exact) mass is 281 g/mol. The first-order chi connectivity index (χ1) is 10.1. The molecule has 0 spiro atoms. The van der Waals surface area contributed by atoms with Crippen LogP contribution in [-0.2, 0) is 0 Å². The van der Waals surface area contributed by atoms with E-state index in [1.54, 1.807) is 0 Å². The van der Waals surface area contributed by atoms with E-state index in [-0.39, 0.29) is 6.04 Å². The van der Waals surface area contributed by atoms with E-state index < -0.39 is 0 Å². The van der Waals surface area contributed by atoms with E-state index in [0.29, 0.717) is 5.92 Å². The summed E-state index contributed by atoms with van der Waals surface area (Å²) in [4.78, 5) is 0. The second-order valence-electron chi connectivity index (χ2n) is 6.12. The fourth-order valence-corrected chi connectivity index (χ4v) is 2.64. The molecule has 0 fully saturated rings. The molecule has 0 heterocycles. The molecule has 2 aromatic rings. The highest BCUT2D eigenvalue weighted by atomic mass is 14.9. The van der Waals surface area contributed by atoms with E-state index >= 15 is 0 Å². The smallest absolute Gasteiger partial charge is 0.0576 e. The Balaban J connectivity index is 2.31. The molecule has 0 aliphatic heterocycles. The summed E-state index contributed by atoms with van der Waals surface area (Å²) in [5.41, 5.74) is 5.41. The zero-order chi connectivity index (χ0) is 15.2. The fourth-order valence-electron chi connectivity index (χ4n) is 2.64. The molecule has 1 unspecified atom stereocenters. The van der Waals surface area contributed by atoms with Gasteiger partial charge in [0.15, 0.2) is 0 Å². The summed E-state index contributed by atoms with van der Waals surface area (Å²) in [6.45, 7) is 9.87. The lowest BCUT2D eigenvalue weighted by Gasteiger charge is -2.21.